The highest BCUT2D eigenvalue weighted by Crippen LogP contribution is 2.32. The fourth-order valence-electron chi connectivity index (χ4n) is 2.04. The third kappa shape index (κ3) is 2.91. The lowest BCUT2D eigenvalue weighted by atomic mass is 10.0. The zero-order valence-corrected chi connectivity index (χ0v) is 9.37. The molecule has 1 aliphatic heterocycles. The van der Waals surface area contributed by atoms with Crippen LogP contribution in [0.5, 0.6) is 0 Å². The first-order valence-electron chi connectivity index (χ1n) is 5.64. The summed E-state index contributed by atoms with van der Waals surface area (Å²) in [5.41, 5.74) is 5.81. The molecule has 1 saturated heterocycles. The quantitative estimate of drug-likeness (QED) is 0.822. The molecule has 0 spiro atoms. The summed E-state index contributed by atoms with van der Waals surface area (Å²) in [7, 11) is 0. The first kappa shape index (κ1) is 12.2. The number of rotatable bonds is 1. The van der Waals surface area contributed by atoms with Crippen LogP contribution < -0.4 is 10.6 Å². The number of anilines is 1. The van der Waals surface area contributed by atoms with Crippen LogP contribution in [0.1, 0.15) is 18.4 Å². The molecule has 0 amide bonds. The Bertz CT molecular complexity index is 382. The van der Waals surface area contributed by atoms with Crippen LogP contribution in [0.15, 0.2) is 24.3 Å². The van der Waals surface area contributed by atoms with Crippen molar-refractivity contribution in [3.63, 3.8) is 0 Å². The van der Waals surface area contributed by atoms with Crippen LogP contribution in [0.4, 0.5) is 18.9 Å². The molecule has 1 aliphatic rings. The molecule has 2 nitrogen and oxygen atoms in total. The van der Waals surface area contributed by atoms with Gasteiger partial charge in [-0.2, -0.15) is 13.2 Å². The molecule has 1 fully saturated rings. The molecule has 0 unspecified atom stereocenters. The van der Waals surface area contributed by atoms with Crippen molar-refractivity contribution in [2.24, 2.45) is 5.73 Å². The van der Waals surface area contributed by atoms with Crippen molar-refractivity contribution < 1.29 is 13.2 Å². The maximum absolute atomic E-state index is 12.6. The molecule has 5 heteroatoms. The van der Waals surface area contributed by atoms with Gasteiger partial charge in [0.05, 0.1) is 5.56 Å². The smallest absolute Gasteiger partial charge is 0.371 e. The van der Waals surface area contributed by atoms with Gasteiger partial charge in [0.1, 0.15) is 0 Å². The Morgan fingerprint density at radius 3 is 2.41 bits per heavy atom. The second kappa shape index (κ2) is 4.56. The summed E-state index contributed by atoms with van der Waals surface area (Å²) >= 11 is 0. The number of halogens is 3. The van der Waals surface area contributed by atoms with Gasteiger partial charge >= 0.3 is 6.18 Å². The molecule has 0 radical (unpaired) electrons. The van der Waals surface area contributed by atoms with Gasteiger partial charge in [0.2, 0.25) is 0 Å². The average Bonchev–Trinajstić information content (AvgIpc) is 2.29. The van der Waals surface area contributed by atoms with Gasteiger partial charge in [0.15, 0.2) is 0 Å². The van der Waals surface area contributed by atoms with E-state index in [1.54, 1.807) is 6.07 Å². The summed E-state index contributed by atoms with van der Waals surface area (Å²) < 4.78 is 37.7. The van der Waals surface area contributed by atoms with Crippen LogP contribution in [-0.4, -0.2) is 19.1 Å². The lowest BCUT2D eigenvalue weighted by Crippen LogP contribution is -2.39. The topological polar surface area (TPSA) is 29.3 Å². The molecule has 94 valence electrons. The van der Waals surface area contributed by atoms with Crippen molar-refractivity contribution in [3.05, 3.63) is 29.8 Å². The molecule has 2 N–H and O–H groups in total. The Labute approximate surface area is 98.2 Å². The minimum atomic E-state index is -4.28. The molecule has 0 saturated carbocycles. The Balaban J connectivity index is 2.16. The highest BCUT2D eigenvalue weighted by Gasteiger charge is 2.31. The first-order chi connectivity index (χ1) is 7.97. The van der Waals surface area contributed by atoms with E-state index in [0.717, 1.165) is 32.0 Å². The fraction of sp³-hybridized carbons (Fsp3) is 0.500. The van der Waals surface area contributed by atoms with E-state index in [2.05, 4.69) is 0 Å². The van der Waals surface area contributed by atoms with Crippen LogP contribution in [0, 0.1) is 0 Å². The number of nitrogens with zero attached hydrogens (tertiary/aromatic N) is 1. The zero-order chi connectivity index (χ0) is 12.5. The Morgan fingerprint density at radius 1 is 1.18 bits per heavy atom. The molecule has 2 rings (SSSR count). The predicted molar refractivity (Wildman–Crippen MR) is 60.9 cm³/mol. The lowest BCUT2D eigenvalue weighted by molar-refractivity contribution is -0.137. The average molecular weight is 244 g/mol. The second-order valence-corrected chi connectivity index (χ2v) is 4.37. The van der Waals surface area contributed by atoms with Gasteiger partial charge in [0, 0.05) is 24.8 Å². The van der Waals surface area contributed by atoms with Gasteiger partial charge in [-0.05, 0) is 31.0 Å². The standard InChI is InChI=1S/C12H15F3N2/c13-12(14,15)9-2-1-3-11(8-9)17-6-4-10(16)5-7-17/h1-3,8,10H,4-7,16H2. The molecular weight excluding hydrogens is 229 g/mol. The Hall–Kier alpha value is -1.23. The van der Waals surface area contributed by atoms with Gasteiger partial charge in [-0.15, -0.1) is 0 Å². The first-order valence-corrected chi connectivity index (χ1v) is 5.64. The zero-order valence-electron chi connectivity index (χ0n) is 9.37. The normalized spacial score (nSPS) is 18.5. The molecule has 0 aliphatic carbocycles. The third-order valence-corrected chi connectivity index (χ3v) is 3.08. The van der Waals surface area contributed by atoms with Crippen molar-refractivity contribution in [3.8, 4) is 0 Å². The van der Waals surface area contributed by atoms with Crippen LogP contribution in [0.25, 0.3) is 0 Å². The SMILES string of the molecule is NC1CCN(c2cccc(C(F)(F)F)c2)CC1. The number of nitrogens with two attached hydrogens (primary N) is 1. The van der Waals surface area contributed by atoms with E-state index in [0.29, 0.717) is 5.69 Å². The van der Waals surface area contributed by atoms with Gasteiger partial charge in [0.25, 0.3) is 0 Å². The minimum absolute atomic E-state index is 0.178. The maximum Gasteiger partial charge on any atom is 0.416 e. The summed E-state index contributed by atoms with van der Waals surface area (Å²) in [5, 5.41) is 0. The molecule has 0 atom stereocenters. The van der Waals surface area contributed by atoms with Crippen LogP contribution >= 0.6 is 0 Å². The van der Waals surface area contributed by atoms with E-state index in [4.69, 9.17) is 5.73 Å². The van der Waals surface area contributed by atoms with Gasteiger partial charge < -0.3 is 10.6 Å². The van der Waals surface area contributed by atoms with E-state index >= 15 is 0 Å². The summed E-state index contributed by atoms with van der Waals surface area (Å²) in [4.78, 5) is 1.96. The third-order valence-electron chi connectivity index (χ3n) is 3.08. The predicted octanol–water partition coefficient (Wildman–Crippen LogP) is 2.63. The number of hydrogen-bond acceptors (Lipinski definition) is 2. The summed E-state index contributed by atoms with van der Waals surface area (Å²) in [6.45, 7) is 1.45. The van der Waals surface area contributed by atoms with Crippen molar-refractivity contribution >= 4 is 5.69 Å². The lowest BCUT2D eigenvalue weighted by Gasteiger charge is -2.32. The number of alkyl halides is 3. The maximum atomic E-state index is 12.6. The second-order valence-electron chi connectivity index (χ2n) is 4.37. The highest BCUT2D eigenvalue weighted by molar-refractivity contribution is 5.49. The van der Waals surface area contributed by atoms with E-state index in [1.807, 2.05) is 4.90 Å². The van der Waals surface area contributed by atoms with Crippen LogP contribution in [0.2, 0.25) is 0 Å². The van der Waals surface area contributed by atoms with Crippen molar-refractivity contribution in [2.45, 2.75) is 25.1 Å². The number of benzene rings is 1. The fourth-order valence-corrected chi connectivity index (χ4v) is 2.04. The Morgan fingerprint density at radius 2 is 1.82 bits per heavy atom. The van der Waals surface area contributed by atoms with Crippen molar-refractivity contribution in [2.75, 3.05) is 18.0 Å². The minimum Gasteiger partial charge on any atom is -0.371 e. The summed E-state index contributed by atoms with van der Waals surface area (Å²) in [5.74, 6) is 0. The van der Waals surface area contributed by atoms with E-state index in [9.17, 15) is 13.2 Å². The van der Waals surface area contributed by atoms with Crippen LogP contribution in [-0.2, 0) is 6.18 Å². The molecule has 0 aromatic heterocycles. The highest BCUT2D eigenvalue weighted by atomic mass is 19.4. The summed E-state index contributed by atoms with van der Waals surface area (Å²) in [6, 6.07) is 5.64. The van der Waals surface area contributed by atoms with Gasteiger partial charge in [-0.3, -0.25) is 0 Å². The molecule has 1 heterocycles. The van der Waals surface area contributed by atoms with E-state index in [-0.39, 0.29) is 6.04 Å². The molecule has 0 bridgehead atoms. The molecule has 17 heavy (non-hydrogen) atoms. The molecule has 1 aromatic carbocycles. The number of piperidine rings is 1. The monoisotopic (exact) mass is 244 g/mol. The van der Waals surface area contributed by atoms with Crippen LogP contribution in [0.3, 0.4) is 0 Å². The molecular formula is C12H15F3N2. The van der Waals surface area contributed by atoms with Crippen molar-refractivity contribution in [1.29, 1.82) is 0 Å². The number of hydrogen-bond donors (Lipinski definition) is 1. The summed E-state index contributed by atoms with van der Waals surface area (Å²) in [6.07, 6.45) is -2.62. The van der Waals surface area contributed by atoms with E-state index < -0.39 is 11.7 Å². The molecule has 1 aromatic rings. The van der Waals surface area contributed by atoms with Gasteiger partial charge in [-0.1, -0.05) is 6.07 Å². The Kier molecular flexibility index (Phi) is 3.28. The van der Waals surface area contributed by atoms with E-state index in [1.165, 1.54) is 12.1 Å². The van der Waals surface area contributed by atoms with Gasteiger partial charge in [-0.25, -0.2) is 0 Å². The largest absolute Gasteiger partial charge is 0.416 e. The van der Waals surface area contributed by atoms with Crippen molar-refractivity contribution in [1.82, 2.24) is 0 Å².